The molecule has 0 amide bonds. The molecule has 2 heterocycles. The van der Waals surface area contributed by atoms with Gasteiger partial charge in [0.05, 0.1) is 5.56 Å². The van der Waals surface area contributed by atoms with Crippen molar-refractivity contribution in [1.82, 2.24) is 4.90 Å². The Bertz CT molecular complexity index is 600. The minimum absolute atomic E-state index is 0.177. The summed E-state index contributed by atoms with van der Waals surface area (Å²) in [5, 5.41) is 0. The zero-order valence-corrected chi connectivity index (χ0v) is 13.2. The van der Waals surface area contributed by atoms with Crippen molar-refractivity contribution >= 4 is 11.5 Å². The third-order valence-corrected chi connectivity index (χ3v) is 4.74. The molecule has 0 aliphatic carbocycles. The Hall–Kier alpha value is -1.56. The number of alkyl halides is 3. The monoisotopic (exact) mass is 326 g/mol. The number of halogens is 3. The highest BCUT2D eigenvalue weighted by atomic mass is 19.4. The molecule has 126 valence electrons. The highest BCUT2D eigenvalue weighted by Crippen LogP contribution is 2.39. The quantitative estimate of drug-likeness (QED) is 0.853. The Morgan fingerprint density at radius 3 is 2.78 bits per heavy atom. The van der Waals surface area contributed by atoms with Crippen LogP contribution in [0.25, 0.3) is 0 Å². The average molecular weight is 326 g/mol. The molecule has 0 spiro atoms. The molecular formula is C17H21F3N2O. The first-order valence-electron chi connectivity index (χ1n) is 8.03. The summed E-state index contributed by atoms with van der Waals surface area (Å²) in [6.07, 6.45) is -2.07. The van der Waals surface area contributed by atoms with Crippen LogP contribution in [0.2, 0.25) is 0 Å². The second-order valence-electron chi connectivity index (χ2n) is 6.50. The lowest BCUT2D eigenvalue weighted by Gasteiger charge is -2.27. The number of benzene rings is 1. The van der Waals surface area contributed by atoms with Gasteiger partial charge in [0.2, 0.25) is 0 Å². The minimum atomic E-state index is -4.30. The zero-order valence-electron chi connectivity index (χ0n) is 13.2. The van der Waals surface area contributed by atoms with Crippen LogP contribution in [0, 0.1) is 0 Å². The molecule has 1 unspecified atom stereocenters. The van der Waals surface area contributed by atoms with Gasteiger partial charge in [-0.25, -0.2) is 0 Å². The van der Waals surface area contributed by atoms with Gasteiger partial charge < -0.3 is 9.80 Å². The van der Waals surface area contributed by atoms with Crippen molar-refractivity contribution in [2.45, 2.75) is 38.4 Å². The lowest BCUT2D eigenvalue weighted by atomic mass is 10.1. The van der Waals surface area contributed by atoms with Crippen LogP contribution < -0.4 is 4.90 Å². The number of anilines is 1. The third-order valence-electron chi connectivity index (χ3n) is 4.74. The summed E-state index contributed by atoms with van der Waals surface area (Å²) in [7, 11) is 0. The van der Waals surface area contributed by atoms with Gasteiger partial charge in [0.15, 0.2) is 0 Å². The summed E-state index contributed by atoms with van der Waals surface area (Å²) in [6.45, 7) is 4.81. The Morgan fingerprint density at radius 2 is 2.09 bits per heavy atom. The van der Waals surface area contributed by atoms with Gasteiger partial charge in [-0.05, 0) is 44.0 Å². The van der Waals surface area contributed by atoms with E-state index in [1.54, 1.807) is 13.0 Å². The van der Waals surface area contributed by atoms with E-state index in [0.717, 1.165) is 50.3 Å². The van der Waals surface area contributed by atoms with Gasteiger partial charge >= 0.3 is 6.18 Å². The van der Waals surface area contributed by atoms with E-state index in [2.05, 4.69) is 9.80 Å². The van der Waals surface area contributed by atoms with Crippen LogP contribution in [-0.2, 0) is 17.4 Å². The van der Waals surface area contributed by atoms with Gasteiger partial charge in [0.1, 0.15) is 5.78 Å². The predicted molar refractivity (Wildman–Crippen MR) is 82.6 cm³/mol. The summed E-state index contributed by atoms with van der Waals surface area (Å²) in [5.74, 6) is 0.177. The number of nitrogens with zero attached hydrogens (tertiary/aromatic N) is 2. The maximum absolute atomic E-state index is 12.9. The van der Waals surface area contributed by atoms with E-state index in [4.69, 9.17) is 0 Å². The molecule has 2 aliphatic rings. The molecule has 0 radical (unpaired) electrons. The molecule has 0 N–H and O–H groups in total. The molecule has 1 aromatic carbocycles. The number of carbonyl (C=O) groups is 1. The van der Waals surface area contributed by atoms with E-state index in [1.807, 2.05) is 0 Å². The van der Waals surface area contributed by atoms with Crippen molar-refractivity contribution in [2.24, 2.45) is 0 Å². The topological polar surface area (TPSA) is 23.6 Å². The van der Waals surface area contributed by atoms with Crippen molar-refractivity contribution in [1.29, 1.82) is 0 Å². The van der Waals surface area contributed by atoms with Crippen LogP contribution in [0.3, 0.4) is 0 Å². The molecule has 0 saturated carbocycles. The van der Waals surface area contributed by atoms with Crippen molar-refractivity contribution in [3.63, 3.8) is 0 Å². The summed E-state index contributed by atoms with van der Waals surface area (Å²) >= 11 is 0. The third kappa shape index (κ3) is 3.52. The molecule has 0 bridgehead atoms. The van der Waals surface area contributed by atoms with Gasteiger partial charge in [0.25, 0.3) is 0 Å². The smallest absolute Gasteiger partial charge is 0.367 e. The van der Waals surface area contributed by atoms with Gasteiger partial charge in [0, 0.05) is 37.8 Å². The number of Topliss-reactive ketones (excluding diaryl/α,β-unsaturated/α-hetero) is 1. The second-order valence-corrected chi connectivity index (χ2v) is 6.50. The lowest BCUT2D eigenvalue weighted by Crippen LogP contribution is -2.39. The number of ketones is 1. The van der Waals surface area contributed by atoms with E-state index in [9.17, 15) is 18.0 Å². The molecule has 1 atom stereocenters. The largest absolute Gasteiger partial charge is 0.416 e. The standard InChI is InChI=1S/C17H21F3N2O/c1-12(23)5-8-21-6-2-7-22-15(11-21)9-13-3-4-14(10-16(13)22)17(18,19)20/h3-4,10,15H,2,5-9,11H2,1H3. The zero-order chi connectivity index (χ0) is 16.6. The highest BCUT2D eigenvalue weighted by Gasteiger charge is 2.36. The molecule has 1 aromatic rings. The molecular weight excluding hydrogens is 305 g/mol. The van der Waals surface area contributed by atoms with Crippen LogP contribution in [-0.4, -0.2) is 42.9 Å². The number of carbonyl (C=O) groups excluding carboxylic acids is 1. The first-order chi connectivity index (χ1) is 10.8. The van der Waals surface area contributed by atoms with Crippen LogP contribution in [0.15, 0.2) is 18.2 Å². The number of hydrogen-bond acceptors (Lipinski definition) is 3. The molecule has 3 nitrogen and oxygen atoms in total. The lowest BCUT2D eigenvalue weighted by molar-refractivity contribution is -0.137. The fourth-order valence-electron chi connectivity index (χ4n) is 3.58. The average Bonchev–Trinajstić information content (AvgIpc) is 2.67. The SMILES string of the molecule is CC(=O)CCN1CCCN2c3cc(C(F)(F)F)ccc3CC2C1. The Labute approximate surface area is 134 Å². The van der Waals surface area contributed by atoms with E-state index < -0.39 is 11.7 Å². The van der Waals surface area contributed by atoms with E-state index in [-0.39, 0.29) is 11.8 Å². The molecule has 1 saturated heterocycles. The summed E-state index contributed by atoms with van der Waals surface area (Å²) in [4.78, 5) is 15.6. The van der Waals surface area contributed by atoms with Crippen molar-refractivity contribution < 1.29 is 18.0 Å². The highest BCUT2D eigenvalue weighted by molar-refractivity contribution is 5.75. The Kier molecular flexibility index (Phi) is 4.36. The predicted octanol–water partition coefficient (Wildman–Crippen LogP) is 3.12. The van der Waals surface area contributed by atoms with Crippen molar-refractivity contribution in [3.05, 3.63) is 29.3 Å². The van der Waals surface area contributed by atoms with E-state index in [1.165, 1.54) is 12.1 Å². The van der Waals surface area contributed by atoms with Crippen molar-refractivity contribution in [3.8, 4) is 0 Å². The molecule has 3 rings (SSSR count). The van der Waals surface area contributed by atoms with E-state index in [0.29, 0.717) is 6.42 Å². The summed E-state index contributed by atoms with van der Waals surface area (Å²) in [5.41, 5.74) is 1.16. The Balaban J connectivity index is 1.77. The molecule has 0 aromatic heterocycles. The first kappa shape index (κ1) is 16.3. The number of rotatable bonds is 3. The molecule has 1 fully saturated rings. The second kappa shape index (κ2) is 6.15. The molecule has 6 heteroatoms. The molecule has 2 aliphatic heterocycles. The van der Waals surface area contributed by atoms with Gasteiger partial charge in [-0.2, -0.15) is 13.2 Å². The normalized spacial score (nSPS) is 21.7. The summed E-state index contributed by atoms with van der Waals surface area (Å²) < 4.78 is 38.8. The maximum Gasteiger partial charge on any atom is 0.416 e. The van der Waals surface area contributed by atoms with Crippen LogP contribution in [0.4, 0.5) is 18.9 Å². The maximum atomic E-state index is 12.9. The van der Waals surface area contributed by atoms with Crippen LogP contribution >= 0.6 is 0 Å². The van der Waals surface area contributed by atoms with Gasteiger partial charge in [-0.3, -0.25) is 4.79 Å². The summed E-state index contributed by atoms with van der Waals surface area (Å²) in [6, 6.07) is 4.30. The fourth-order valence-corrected chi connectivity index (χ4v) is 3.58. The van der Waals surface area contributed by atoms with Crippen molar-refractivity contribution in [2.75, 3.05) is 31.1 Å². The van der Waals surface area contributed by atoms with E-state index >= 15 is 0 Å². The number of hydrogen-bond donors (Lipinski definition) is 0. The molecule has 23 heavy (non-hydrogen) atoms. The van der Waals surface area contributed by atoms with Gasteiger partial charge in [-0.15, -0.1) is 0 Å². The first-order valence-corrected chi connectivity index (χ1v) is 8.03. The van der Waals surface area contributed by atoms with Crippen LogP contribution in [0.5, 0.6) is 0 Å². The minimum Gasteiger partial charge on any atom is -0.367 e. The Morgan fingerprint density at radius 1 is 1.30 bits per heavy atom. The number of fused-ring (bicyclic) bond motifs is 3. The van der Waals surface area contributed by atoms with Gasteiger partial charge in [-0.1, -0.05) is 6.07 Å². The van der Waals surface area contributed by atoms with Crippen LogP contribution in [0.1, 0.15) is 30.9 Å². The fraction of sp³-hybridized carbons (Fsp3) is 0.588.